The molecule has 0 atom stereocenters. The second kappa shape index (κ2) is 6.91. The van der Waals surface area contributed by atoms with Crippen LogP contribution in [0.25, 0.3) is 5.69 Å². The zero-order valence-corrected chi connectivity index (χ0v) is 15.9. The maximum Gasteiger partial charge on any atom is 0.257 e. The molecule has 1 aliphatic rings. The Morgan fingerprint density at radius 1 is 1.11 bits per heavy atom. The highest BCUT2D eigenvalue weighted by Crippen LogP contribution is 2.26. The Bertz CT molecular complexity index is 1010. The van der Waals surface area contributed by atoms with Gasteiger partial charge in [0.25, 0.3) is 5.91 Å². The first-order valence-electron chi connectivity index (χ1n) is 9.14. The SMILES string of the molecule is COc1ccc2c(c1)CN(C(=O)c1cnn(-c3ccccc3C)c1C)CC2. The summed E-state index contributed by atoms with van der Waals surface area (Å²) in [5, 5.41) is 4.48. The monoisotopic (exact) mass is 361 g/mol. The number of aryl methyl sites for hydroxylation is 1. The van der Waals surface area contributed by atoms with Gasteiger partial charge in [-0.25, -0.2) is 4.68 Å². The molecule has 2 heterocycles. The normalized spacial score (nSPS) is 13.4. The van der Waals surface area contributed by atoms with Gasteiger partial charge in [-0.2, -0.15) is 5.10 Å². The summed E-state index contributed by atoms with van der Waals surface area (Å²) in [5.41, 5.74) is 6.09. The van der Waals surface area contributed by atoms with E-state index in [2.05, 4.69) is 11.2 Å². The average molecular weight is 361 g/mol. The van der Waals surface area contributed by atoms with Crippen molar-refractivity contribution >= 4 is 5.91 Å². The smallest absolute Gasteiger partial charge is 0.257 e. The molecule has 5 nitrogen and oxygen atoms in total. The van der Waals surface area contributed by atoms with Crippen LogP contribution in [0.5, 0.6) is 5.75 Å². The first-order valence-corrected chi connectivity index (χ1v) is 9.14. The van der Waals surface area contributed by atoms with Crippen LogP contribution in [0.1, 0.15) is 32.7 Å². The second-order valence-electron chi connectivity index (χ2n) is 6.95. The van der Waals surface area contributed by atoms with Crippen molar-refractivity contribution < 1.29 is 9.53 Å². The van der Waals surface area contributed by atoms with Crippen molar-refractivity contribution in [3.8, 4) is 11.4 Å². The van der Waals surface area contributed by atoms with Crippen LogP contribution in [0.3, 0.4) is 0 Å². The zero-order chi connectivity index (χ0) is 19.0. The lowest BCUT2D eigenvalue weighted by atomic mass is 9.99. The molecular weight excluding hydrogens is 338 g/mol. The van der Waals surface area contributed by atoms with Crippen molar-refractivity contribution in [2.45, 2.75) is 26.8 Å². The van der Waals surface area contributed by atoms with Gasteiger partial charge in [-0.3, -0.25) is 4.79 Å². The molecule has 138 valence electrons. The van der Waals surface area contributed by atoms with Crippen LogP contribution in [-0.2, 0) is 13.0 Å². The predicted molar refractivity (Wildman–Crippen MR) is 104 cm³/mol. The number of hydrogen-bond acceptors (Lipinski definition) is 3. The number of ether oxygens (including phenoxy) is 1. The molecule has 0 saturated heterocycles. The number of benzene rings is 2. The minimum atomic E-state index is 0.0285. The molecule has 0 radical (unpaired) electrons. The Balaban J connectivity index is 1.62. The van der Waals surface area contributed by atoms with Crippen molar-refractivity contribution in [1.29, 1.82) is 0 Å². The fourth-order valence-corrected chi connectivity index (χ4v) is 3.67. The van der Waals surface area contributed by atoms with E-state index in [9.17, 15) is 4.79 Å². The van der Waals surface area contributed by atoms with Crippen molar-refractivity contribution in [2.75, 3.05) is 13.7 Å². The lowest BCUT2D eigenvalue weighted by Gasteiger charge is -2.29. The summed E-state index contributed by atoms with van der Waals surface area (Å²) in [4.78, 5) is 15.1. The largest absolute Gasteiger partial charge is 0.497 e. The van der Waals surface area contributed by atoms with E-state index < -0.39 is 0 Å². The van der Waals surface area contributed by atoms with E-state index in [1.807, 2.05) is 59.8 Å². The number of amides is 1. The van der Waals surface area contributed by atoms with Crippen molar-refractivity contribution in [1.82, 2.24) is 14.7 Å². The van der Waals surface area contributed by atoms with Gasteiger partial charge in [0.2, 0.25) is 0 Å². The van der Waals surface area contributed by atoms with Crippen LogP contribution in [0.15, 0.2) is 48.7 Å². The van der Waals surface area contributed by atoms with Crippen molar-refractivity contribution in [3.05, 3.63) is 76.6 Å². The van der Waals surface area contributed by atoms with E-state index >= 15 is 0 Å². The van der Waals surface area contributed by atoms with Gasteiger partial charge < -0.3 is 9.64 Å². The summed E-state index contributed by atoms with van der Waals surface area (Å²) in [6.07, 6.45) is 2.54. The van der Waals surface area contributed by atoms with E-state index in [1.165, 1.54) is 5.56 Å². The minimum Gasteiger partial charge on any atom is -0.497 e. The van der Waals surface area contributed by atoms with Crippen LogP contribution in [0, 0.1) is 13.8 Å². The first-order chi connectivity index (χ1) is 13.1. The van der Waals surface area contributed by atoms with Gasteiger partial charge in [0, 0.05) is 13.1 Å². The summed E-state index contributed by atoms with van der Waals surface area (Å²) in [6.45, 7) is 5.31. The maximum atomic E-state index is 13.2. The van der Waals surface area contributed by atoms with Gasteiger partial charge in [0.05, 0.1) is 30.3 Å². The molecule has 0 bridgehead atoms. The topological polar surface area (TPSA) is 47.4 Å². The lowest BCUT2D eigenvalue weighted by molar-refractivity contribution is 0.0733. The minimum absolute atomic E-state index is 0.0285. The highest BCUT2D eigenvalue weighted by molar-refractivity contribution is 5.95. The molecule has 0 saturated carbocycles. The molecule has 4 rings (SSSR count). The van der Waals surface area contributed by atoms with Gasteiger partial charge in [-0.15, -0.1) is 0 Å². The molecule has 3 aromatic rings. The molecule has 1 aliphatic heterocycles. The highest BCUT2D eigenvalue weighted by Gasteiger charge is 2.25. The standard InChI is InChI=1S/C22H23N3O2/c1-15-6-4-5-7-21(15)25-16(2)20(13-23-25)22(26)24-11-10-17-8-9-19(27-3)12-18(17)14-24/h4-9,12-13H,10-11,14H2,1-3H3. The fraction of sp³-hybridized carbons (Fsp3) is 0.273. The number of nitrogens with zero attached hydrogens (tertiary/aromatic N) is 3. The van der Waals surface area contributed by atoms with Crippen LogP contribution in [-0.4, -0.2) is 34.2 Å². The summed E-state index contributed by atoms with van der Waals surface area (Å²) in [7, 11) is 1.66. The average Bonchev–Trinajstić information content (AvgIpc) is 3.08. The summed E-state index contributed by atoms with van der Waals surface area (Å²) >= 11 is 0. The number of carbonyl (C=O) groups is 1. The van der Waals surface area contributed by atoms with Gasteiger partial charge in [0.15, 0.2) is 0 Å². The van der Waals surface area contributed by atoms with Crippen molar-refractivity contribution in [2.24, 2.45) is 0 Å². The van der Waals surface area contributed by atoms with E-state index in [0.717, 1.165) is 34.7 Å². The Hall–Kier alpha value is -3.08. The number of aromatic nitrogens is 2. The molecule has 5 heteroatoms. The van der Waals surface area contributed by atoms with Gasteiger partial charge in [0.1, 0.15) is 5.75 Å². The molecule has 1 amide bonds. The highest BCUT2D eigenvalue weighted by atomic mass is 16.5. The molecule has 2 aromatic carbocycles. The number of rotatable bonds is 3. The number of fused-ring (bicyclic) bond motifs is 1. The summed E-state index contributed by atoms with van der Waals surface area (Å²) in [6, 6.07) is 14.2. The Labute approximate surface area is 159 Å². The third-order valence-corrected chi connectivity index (χ3v) is 5.30. The number of carbonyl (C=O) groups excluding carboxylic acids is 1. The molecule has 0 N–H and O–H groups in total. The summed E-state index contributed by atoms with van der Waals surface area (Å²) in [5.74, 6) is 0.854. The number of hydrogen-bond donors (Lipinski definition) is 0. The second-order valence-corrected chi connectivity index (χ2v) is 6.95. The maximum absolute atomic E-state index is 13.2. The molecule has 27 heavy (non-hydrogen) atoms. The number of para-hydroxylation sites is 1. The fourth-order valence-electron chi connectivity index (χ4n) is 3.67. The molecule has 0 aliphatic carbocycles. The van der Waals surface area contributed by atoms with Gasteiger partial charge >= 0.3 is 0 Å². The lowest BCUT2D eigenvalue weighted by Crippen LogP contribution is -2.36. The van der Waals surface area contributed by atoms with E-state index in [1.54, 1.807) is 13.3 Å². The van der Waals surface area contributed by atoms with Crippen LogP contribution in [0.4, 0.5) is 0 Å². The van der Waals surface area contributed by atoms with Crippen LogP contribution < -0.4 is 4.74 Å². The van der Waals surface area contributed by atoms with E-state index in [0.29, 0.717) is 18.7 Å². The molecule has 0 unspecified atom stereocenters. The zero-order valence-electron chi connectivity index (χ0n) is 15.9. The molecule has 0 fully saturated rings. The van der Waals surface area contributed by atoms with E-state index in [4.69, 9.17) is 4.74 Å². The van der Waals surface area contributed by atoms with Crippen LogP contribution >= 0.6 is 0 Å². The predicted octanol–water partition coefficient (Wildman–Crippen LogP) is 3.70. The Kier molecular flexibility index (Phi) is 4.44. The molecular formula is C22H23N3O2. The Morgan fingerprint density at radius 3 is 2.70 bits per heavy atom. The quantitative estimate of drug-likeness (QED) is 0.715. The van der Waals surface area contributed by atoms with Crippen LogP contribution in [0.2, 0.25) is 0 Å². The third-order valence-electron chi connectivity index (χ3n) is 5.30. The first kappa shape index (κ1) is 17.3. The summed E-state index contributed by atoms with van der Waals surface area (Å²) < 4.78 is 7.18. The molecule has 0 spiro atoms. The van der Waals surface area contributed by atoms with E-state index in [-0.39, 0.29) is 5.91 Å². The van der Waals surface area contributed by atoms with Crippen molar-refractivity contribution in [3.63, 3.8) is 0 Å². The van der Waals surface area contributed by atoms with Gasteiger partial charge in [-0.05, 0) is 55.2 Å². The molecule has 1 aromatic heterocycles. The number of methoxy groups -OCH3 is 1. The third kappa shape index (κ3) is 3.10. The Morgan fingerprint density at radius 2 is 1.93 bits per heavy atom. The van der Waals surface area contributed by atoms with Gasteiger partial charge in [-0.1, -0.05) is 24.3 Å².